The summed E-state index contributed by atoms with van der Waals surface area (Å²) in [4.78, 5) is 3.05. The first-order valence-electron chi connectivity index (χ1n) is 4.76. The van der Waals surface area contributed by atoms with E-state index in [0.717, 1.165) is 21.3 Å². The Morgan fingerprint density at radius 3 is 2.47 bits per heavy atom. The Morgan fingerprint density at radius 1 is 1.13 bits per heavy atom. The van der Waals surface area contributed by atoms with Crippen LogP contribution in [-0.4, -0.2) is 12.0 Å². The van der Waals surface area contributed by atoms with Gasteiger partial charge in [0.1, 0.15) is 0 Å². The van der Waals surface area contributed by atoms with Crippen molar-refractivity contribution in [2.24, 2.45) is 0 Å². The monoisotopic (exact) mass is 216 g/mol. The van der Waals surface area contributed by atoms with Gasteiger partial charge in [-0.15, -0.1) is 0 Å². The highest BCUT2D eigenvalue weighted by Crippen LogP contribution is 2.21. The van der Waals surface area contributed by atoms with Crippen molar-refractivity contribution in [3.63, 3.8) is 0 Å². The second-order valence-electron chi connectivity index (χ2n) is 3.25. The fourth-order valence-electron chi connectivity index (χ4n) is 1.46. The molecule has 2 aromatic rings. The summed E-state index contributed by atoms with van der Waals surface area (Å²) in [5.74, 6) is 0. The lowest BCUT2D eigenvalue weighted by atomic mass is 10.1. The Kier molecular flexibility index (Phi) is 2.83. The lowest BCUT2D eigenvalue weighted by molar-refractivity contribution is 1.32. The molecular formula is C12H12N2S. The van der Waals surface area contributed by atoms with E-state index in [1.165, 1.54) is 0 Å². The van der Waals surface area contributed by atoms with Crippen molar-refractivity contribution in [3.8, 4) is 11.1 Å². The van der Waals surface area contributed by atoms with Crippen LogP contribution in [0.1, 0.15) is 0 Å². The predicted octanol–water partition coefficient (Wildman–Crippen LogP) is 3.45. The second-order valence-corrected chi connectivity index (χ2v) is 3.69. The average molecular weight is 216 g/mol. The molecule has 0 aliphatic carbocycles. The van der Waals surface area contributed by atoms with Crippen LogP contribution in [0.4, 0.5) is 5.69 Å². The van der Waals surface area contributed by atoms with Gasteiger partial charge < -0.3 is 10.3 Å². The molecule has 0 unspecified atom stereocenters. The van der Waals surface area contributed by atoms with Crippen LogP contribution < -0.4 is 5.32 Å². The van der Waals surface area contributed by atoms with Crippen LogP contribution in [0.5, 0.6) is 0 Å². The number of pyridine rings is 1. The van der Waals surface area contributed by atoms with Crippen LogP contribution in [-0.2, 0) is 0 Å². The van der Waals surface area contributed by atoms with Gasteiger partial charge in [-0.05, 0) is 23.8 Å². The zero-order valence-corrected chi connectivity index (χ0v) is 9.27. The van der Waals surface area contributed by atoms with Crippen molar-refractivity contribution in [2.45, 2.75) is 0 Å². The molecule has 0 fully saturated rings. The molecule has 1 aromatic carbocycles. The molecule has 2 N–H and O–H groups in total. The average Bonchev–Trinajstić information content (AvgIpc) is 2.30. The van der Waals surface area contributed by atoms with Gasteiger partial charge in [0.25, 0.3) is 0 Å². The topological polar surface area (TPSA) is 27.8 Å². The molecule has 2 rings (SSSR count). The molecule has 0 radical (unpaired) electrons. The van der Waals surface area contributed by atoms with Crippen LogP contribution in [0.2, 0.25) is 0 Å². The van der Waals surface area contributed by atoms with Gasteiger partial charge in [-0.3, -0.25) is 0 Å². The Morgan fingerprint density at radius 2 is 1.87 bits per heavy atom. The molecule has 0 bridgehead atoms. The molecule has 3 heteroatoms. The number of nitrogens with one attached hydrogen (secondary N) is 2. The number of benzene rings is 1. The number of rotatable bonds is 2. The molecule has 0 saturated carbocycles. The molecule has 0 atom stereocenters. The molecule has 0 saturated heterocycles. The maximum atomic E-state index is 5.26. The van der Waals surface area contributed by atoms with Gasteiger partial charge in [0.15, 0.2) is 0 Å². The Hall–Kier alpha value is -1.61. The van der Waals surface area contributed by atoms with E-state index in [1.54, 1.807) is 0 Å². The summed E-state index contributed by atoms with van der Waals surface area (Å²) in [6.07, 6.45) is 3.77. The number of anilines is 1. The van der Waals surface area contributed by atoms with Crippen LogP contribution in [0.25, 0.3) is 11.1 Å². The number of hydrogen-bond donors (Lipinski definition) is 2. The minimum atomic E-state index is 0.867. The summed E-state index contributed by atoms with van der Waals surface area (Å²) >= 11 is 5.26. The second kappa shape index (κ2) is 4.28. The summed E-state index contributed by atoms with van der Waals surface area (Å²) in [5.41, 5.74) is 3.30. The van der Waals surface area contributed by atoms with Gasteiger partial charge in [-0.25, -0.2) is 0 Å². The smallest absolute Gasteiger partial charge is 0.0484 e. The highest BCUT2D eigenvalue weighted by Gasteiger charge is 1.98. The van der Waals surface area contributed by atoms with E-state index in [1.807, 2.05) is 37.6 Å². The van der Waals surface area contributed by atoms with Crippen molar-refractivity contribution in [2.75, 3.05) is 12.4 Å². The molecule has 76 valence electrons. The molecular weight excluding hydrogens is 204 g/mol. The van der Waals surface area contributed by atoms with E-state index in [2.05, 4.69) is 22.4 Å². The maximum absolute atomic E-state index is 5.26. The zero-order chi connectivity index (χ0) is 10.7. The van der Waals surface area contributed by atoms with E-state index in [0.29, 0.717) is 0 Å². The molecule has 0 amide bonds. The minimum Gasteiger partial charge on any atom is -0.388 e. The van der Waals surface area contributed by atoms with Gasteiger partial charge in [0, 0.05) is 35.2 Å². The summed E-state index contributed by atoms with van der Waals surface area (Å²) < 4.78 is 0.867. The van der Waals surface area contributed by atoms with Crippen molar-refractivity contribution in [1.82, 2.24) is 4.98 Å². The van der Waals surface area contributed by atoms with Crippen molar-refractivity contribution >= 4 is 17.9 Å². The normalized spacial score (nSPS) is 9.93. The molecule has 1 aromatic heterocycles. The highest BCUT2D eigenvalue weighted by molar-refractivity contribution is 7.71. The van der Waals surface area contributed by atoms with E-state index >= 15 is 0 Å². The van der Waals surface area contributed by atoms with E-state index in [-0.39, 0.29) is 0 Å². The van der Waals surface area contributed by atoms with E-state index in [4.69, 9.17) is 12.2 Å². The first kappa shape index (κ1) is 9.93. The minimum absolute atomic E-state index is 0.867. The van der Waals surface area contributed by atoms with E-state index in [9.17, 15) is 0 Å². The Labute approximate surface area is 94.0 Å². The maximum Gasteiger partial charge on any atom is 0.0484 e. The summed E-state index contributed by atoms with van der Waals surface area (Å²) in [5, 5.41) is 3.09. The largest absolute Gasteiger partial charge is 0.388 e. The molecule has 0 spiro atoms. The number of hydrogen-bond acceptors (Lipinski definition) is 2. The Bertz CT molecular complexity index is 500. The predicted molar refractivity (Wildman–Crippen MR) is 66.6 cm³/mol. The molecule has 2 nitrogen and oxygen atoms in total. The van der Waals surface area contributed by atoms with E-state index < -0.39 is 0 Å². The highest BCUT2D eigenvalue weighted by atomic mass is 32.1. The summed E-state index contributed by atoms with van der Waals surface area (Å²) in [6.45, 7) is 0. The number of aromatic amines is 1. The van der Waals surface area contributed by atoms with Crippen LogP contribution in [0, 0.1) is 4.51 Å². The van der Waals surface area contributed by atoms with Crippen molar-refractivity contribution < 1.29 is 0 Å². The van der Waals surface area contributed by atoms with Gasteiger partial charge in [-0.2, -0.15) is 0 Å². The Balaban J connectivity index is 2.46. The summed E-state index contributed by atoms with van der Waals surface area (Å²) in [6, 6.07) is 10.1. The van der Waals surface area contributed by atoms with Crippen LogP contribution in [0.3, 0.4) is 0 Å². The SMILES string of the molecule is CNc1ccc(-c2c[nH]ccc2=S)cc1. The number of aromatic nitrogens is 1. The standard InChI is InChI=1S/C12H12N2S/c1-13-10-4-2-9(3-5-10)11-8-14-7-6-12(11)15/h2-8,13H,1H3,(H,14,15). The first-order valence-corrected chi connectivity index (χ1v) is 5.17. The van der Waals surface area contributed by atoms with Crippen LogP contribution >= 0.6 is 12.2 Å². The van der Waals surface area contributed by atoms with Crippen LogP contribution in [0.15, 0.2) is 42.7 Å². The van der Waals surface area contributed by atoms with Gasteiger partial charge >= 0.3 is 0 Å². The first-order chi connectivity index (χ1) is 7.31. The molecule has 0 aliphatic rings. The fraction of sp³-hybridized carbons (Fsp3) is 0.0833. The molecule has 0 aliphatic heterocycles. The van der Waals surface area contributed by atoms with Gasteiger partial charge in [0.05, 0.1) is 0 Å². The fourth-order valence-corrected chi connectivity index (χ4v) is 1.70. The zero-order valence-electron chi connectivity index (χ0n) is 8.45. The van der Waals surface area contributed by atoms with Crippen molar-refractivity contribution in [1.29, 1.82) is 0 Å². The third-order valence-electron chi connectivity index (χ3n) is 2.31. The lowest BCUT2D eigenvalue weighted by Gasteiger charge is -2.03. The summed E-state index contributed by atoms with van der Waals surface area (Å²) in [7, 11) is 1.91. The quantitative estimate of drug-likeness (QED) is 0.752. The lowest BCUT2D eigenvalue weighted by Crippen LogP contribution is -1.87. The molecule has 15 heavy (non-hydrogen) atoms. The van der Waals surface area contributed by atoms with Crippen molar-refractivity contribution in [3.05, 3.63) is 47.2 Å². The third kappa shape index (κ3) is 2.07. The molecule has 1 heterocycles. The third-order valence-corrected chi connectivity index (χ3v) is 2.66. The van der Waals surface area contributed by atoms with Gasteiger partial charge in [0.2, 0.25) is 0 Å². The number of H-pyrrole nitrogens is 1. The van der Waals surface area contributed by atoms with Gasteiger partial charge in [-0.1, -0.05) is 24.4 Å².